The standard InChI is InChI=1S/C17H32N6O/c1-12(2)14-18-15(21(6)7)20-16(19-14)23-9-8-22(10-13(23)3)11-17(4,5)24/h12-13,24H,8-11H2,1-7H3. The minimum absolute atomic E-state index is 0.261. The zero-order valence-electron chi connectivity index (χ0n) is 16.1. The van der Waals surface area contributed by atoms with Gasteiger partial charge in [0.05, 0.1) is 5.60 Å². The van der Waals surface area contributed by atoms with E-state index in [1.165, 1.54) is 0 Å². The Hall–Kier alpha value is -1.47. The first kappa shape index (κ1) is 18.9. The number of hydrogen-bond acceptors (Lipinski definition) is 7. The van der Waals surface area contributed by atoms with Gasteiger partial charge in [0.25, 0.3) is 0 Å². The highest BCUT2D eigenvalue weighted by molar-refractivity contribution is 5.40. The van der Waals surface area contributed by atoms with Crippen LogP contribution in [-0.4, -0.2) is 76.9 Å². The molecule has 1 aromatic rings. The van der Waals surface area contributed by atoms with E-state index in [9.17, 15) is 5.11 Å². The lowest BCUT2D eigenvalue weighted by Crippen LogP contribution is -2.55. The minimum Gasteiger partial charge on any atom is -0.389 e. The number of aromatic nitrogens is 3. The first-order valence-corrected chi connectivity index (χ1v) is 8.71. The average molecular weight is 336 g/mol. The smallest absolute Gasteiger partial charge is 0.230 e. The molecular formula is C17H32N6O. The monoisotopic (exact) mass is 336 g/mol. The Morgan fingerprint density at radius 3 is 2.38 bits per heavy atom. The summed E-state index contributed by atoms with van der Waals surface area (Å²) in [6.45, 7) is 13.4. The molecule has 0 spiro atoms. The summed E-state index contributed by atoms with van der Waals surface area (Å²) in [5.41, 5.74) is -0.669. The largest absolute Gasteiger partial charge is 0.389 e. The van der Waals surface area contributed by atoms with Crippen LogP contribution in [0.15, 0.2) is 0 Å². The van der Waals surface area contributed by atoms with Crippen LogP contribution in [0.3, 0.4) is 0 Å². The van der Waals surface area contributed by atoms with Gasteiger partial charge in [0, 0.05) is 52.2 Å². The summed E-state index contributed by atoms with van der Waals surface area (Å²) < 4.78 is 0. The molecule has 0 saturated carbocycles. The summed E-state index contributed by atoms with van der Waals surface area (Å²) in [7, 11) is 3.90. The van der Waals surface area contributed by atoms with Gasteiger partial charge in [-0.2, -0.15) is 15.0 Å². The van der Waals surface area contributed by atoms with Crippen molar-refractivity contribution in [2.45, 2.75) is 52.2 Å². The molecular weight excluding hydrogens is 304 g/mol. The predicted molar refractivity (Wildman–Crippen MR) is 97.8 cm³/mol. The molecule has 0 amide bonds. The van der Waals surface area contributed by atoms with Crippen LogP contribution < -0.4 is 9.80 Å². The lowest BCUT2D eigenvalue weighted by atomic mass is 10.1. The maximum absolute atomic E-state index is 10.0. The van der Waals surface area contributed by atoms with E-state index in [1.54, 1.807) is 0 Å². The first-order valence-electron chi connectivity index (χ1n) is 8.71. The summed E-state index contributed by atoms with van der Waals surface area (Å²) >= 11 is 0. The van der Waals surface area contributed by atoms with Crippen molar-refractivity contribution in [3.05, 3.63) is 5.82 Å². The molecule has 2 heterocycles. The van der Waals surface area contributed by atoms with Gasteiger partial charge in [-0.25, -0.2) is 0 Å². The van der Waals surface area contributed by atoms with Gasteiger partial charge in [0.2, 0.25) is 11.9 Å². The number of rotatable bonds is 5. The molecule has 24 heavy (non-hydrogen) atoms. The second-order valence-electron chi connectivity index (χ2n) is 7.93. The molecule has 136 valence electrons. The van der Waals surface area contributed by atoms with Gasteiger partial charge in [-0.1, -0.05) is 13.8 Å². The number of nitrogens with zero attached hydrogens (tertiary/aromatic N) is 6. The third-order valence-electron chi connectivity index (χ3n) is 4.12. The van der Waals surface area contributed by atoms with Gasteiger partial charge >= 0.3 is 0 Å². The topological polar surface area (TPSA) is 68.6 Å². The molecule has 1 aliphatic rings. The van der Waals surface area contributed by atoms with Gasteiger partial charge in [-0.3, -0.25) is 4.90 Å². The molecule has 1 N–H and O–H groups in total. The number of anilines is 2. The molecule has 0 aliphatic carbocycles. The Bertz CT molecular complexity index is 528. The third-order valence-corrected chi connectivity index (χ3v) is 4.12. The Morgan fingerprint density at radius 1 is 1.21 bits per heavy atom. The van der Waals surface area contributed by atoms with Gasteiger partial charge in [-0.05, 0) is 20.8 Å². The highest BCUT2D eigenvalue weighted by Crippen LogP contribution is 2.22. The fraction of sp³-hybridized carbons (Fsp3) is 0.824. The van der Waals surface area contributed by atoms with Gasteiger partial charge < -0.3 is 14.9 Å². The van der Waals surface area contributed by atoms with E-state index in [-0.39, 0.29) is 5.92 Å². The van der Waals surface area contributed by atoms with E-state index in [4.69, 9.17) is 4.98 Å². The molecule has 0 bridgehead atoms. The summed E-state index contributed by atoms with van der Waals surface area (Å²) in [5.74, 6) is 2.55. The van der Waals surface area contributed by atoms with Crippen LogP contribution in [0.25, 0.3) is 0 Å². The maximum atomic E-state index is 10.0. The van der Waals surface area contributed by atoms with Gasteiger partial charge in [-0.15, -0.1) is 0 Å². The molecule has 0 radical (unpaired) electrons. The van der Waals surface area contributed by atoms with Crippen LogP contribution in [0.1, 0.15) is 46.4 Å². The molecule has 2 rings (SSSR count). The highest BCUT2D eigenvalue weighted by atomic mass is 16.3. The Balaban J connectivity index is 2.20. The zero-order valence-corrected chi connectivity index (χ0v) is 16.1. The van der Waals surface area contributed by atoms with E-state index in [0.717, 1.165) is 31.4 Å². The molecule has 1 saturated heterocycles. The minimum atomic E-state index is -0.669. The van der Waals surface area contributed by atoms with E-state index in [0.29, 0.717) is 18.5 Å². The lowest BCUT2D eigenvalue weighted by Gasteiger charge is -2.41. The van der Waals surface area contributed by atoms with Crippen molar-refractivity contribution >= 4 is 11.9 Å². The average Bonchev–Trinajstić information content (AvgIpc) is 2.45. The molecule has 1 aromatic heterocycles. The van der Waals surface area contributed by atoms with Crippen LogP contribution in [0.2, 0.25) is 0 Å². The summed E-state index contributed by atoms with van der Waals surface area (Å²) in [5, 5.41) is 10.0. The number of hydrogen-bond donors (Lipinski definition) is 1. The van der Waals surface area contributed by atoms with Crippen LogP contribution in [0, 0.1) is 0 Å². The van der Waals surface area contributed by atoms with Crippen LogP contribution in [0.4, 0.5) is 11.9 Å². The fourth-order valence-electron chi connectivity index (χ4n) is 2.98. The van der Waals surface area contributed by atoms with Crippen LogP contribution in [-0.2, 0) is 0 Å². The van der Waals surface area contributed by atoms with Crippen LogP contribution >= 0.6 is 0 Å². The normalized spacial score (nSPS) is 19.9. The molecule has 1 unspecified atom stereocenters. The van der Waals surface area contributed by atoms with E-state index < -0.39 is 5.60 Å². The molecule has 7 nitrogen and oxygen atoms in total. The van der Waals surface area contributed by atoms with Crippen molar-refractivity contribution in [3.63, 3.8) is 0 Å². The lowest BCUT2D eigenvalue weighted by molar-refractivity contribution is 0.0307. The van der Waals surface area contributed by atoms with Crippen molar-refractivity contribution < 1.29 is 5.11 Å². The quantitative estimate of drug-likeness (QED) is 0.870. The molecule has 0 aromatic carbocycles. The molecule has 7 heteroatoms. The number of aliphatic hydroxyl groups is 1. The Labute approximate surface area is 145 Å². The Kier molecular flexibility index (Phi) is 5.65. The summed E-state index contributed by atoms with van der Waals surface area (Å²) in [6, 6.07) is 0.290. The maximum Gasteiger partial charge on any atom is 0.230 e. The van der Waals surface area contributed by atoms with Gasteiger partial charge in [0.1, 0.15) is 5.82 Å². The second-order valence-corrected chi connectivity index (χ2v) is 7.93. The number of β-amino-alcohol motifs (C(OH)–C–C–N with tert-alkyl or cyclic N) is 1. The molecule has 1 aliphatic heterocycles. The van der Waals surface area contributed by atoms with E-state index in [2.05, 4.69) is 40.5 Å². The van der Waals surface area contributed by atoms with Crippen molar-refractivity contribution in [2.24, 2.45) is 0 Å². The molecule has 1 fully saturated rings. The Morgan fingerprint density at radius 2 is 1.88 bits per heavy atom. The zero-order chi connectivity index (χ0) is 18.1. The van der Waals surface area contributed by atoms with Crippen LogP contribution in [0.5, 0.6) is 0 Å². The third kappa shape index (κ3) is 4.77. The summed E-state index contributed by atoms with van der Waals surface area (Å²) in [6.07, 6.45) is 0. The van der Waals surface area contributed by atoms with Crippen molar-refractivity contribution in [1.82, 2.24) is 19.9 Å². The summed E-state index contributed by atoms with van der Waals surface area (Å²) in [4.78, 5) is 20.4. The highest BCUT2D eigenvalue weighted by Gasteiger charge is 2.29. The second kappa shape index (κ2) is 7.19. The van der Waals surface area contributed by atoms with Gasteiger partial charge in [0.15, 0.2) is 0 Å². The van der Waals surface area contributed by atoms with E-state index >= 15 is 0 Å². The predicted octanol–water partition coefficient (Wildman–Crippen LogP) is 1.34. The number of piperazine rings is 1. The first-order chi connectivity index (χ1) is 11.1. The fourth-order valence-corrected chi connectivity index (χ4v) is 2.98. The van der Waals surface area contributed by atoms with Crippen molar-refractivity contribution in [1.29, 1.82) is 0 Å². The molecule has 1 atom stereocenters. The SMILES string of the molecule is CC(C)c1nc(N(C)C)nc(N2CCN(CC(C)(C)O)CC2C)n1. The van der Waals surface area contributed by atoms with Crippen molar-refractivity contribution in [2.75, 3.05) is 50.1 Å². The van der Waals surface area contributed by atoms with Crippen molar-refractivity contribution in [3.8, 4) is 0 Å². The van der Waals surface area contributed by atoms with E-state index in [1.807, 2.05) is 32.8 Å².